The third kappa shape index (κ3) is 4.95. The highest BCUT2D eigenvalue weighted by atomic mass is 16.8. The predicted molar refractivity (Wildman–Crippen MR) is 117 cm³/mol. The first-order valence-electron chi connectivity index (χ1n) is 10.6. The van der Waals surface area contributed by atoms with E-state index in [-0.39, 0.29) is 23.6 Å². The van der Waals surface area contributed by atoms with E-state index >= 15 is 0 Å². The van der Waals surface area contributed by atoms with E-state index in [2.05, 4.69) is 4.98 Å². The zero-order valence-electron chi connectivity index (χ0n) is 20.3. The van der Waals surface area contributed by atoms with Gasteiger partial charge in [0.05, 0.1) is 19.3 Å². The van der Waals surface area contributed by atoms with Gasteiger partial charge in [0, 0.05) is 27.8 Å². The molecule has 0 saturated carbocycles. The molecular weight excluding hydrogens is 486 g/mol. The number of fused-ring (bicyclic) bond motifs is 1. The molecule has 0 amide bonds. The molecule has 3 heterocycles. The van der Waals surface area contributed by atoms with E-state index in [0.29, 0.717) is 4.73 Å². The van der Waals surface area contributed by atoms with E-state index in [0.717, 1.165) is 25.3 Å². The molecule has 0 radical (unpaired) electrons. The molecule has 4 unspecified atom stereocenters. The zero-order valence-corrected chi connectivity index (χ0v) is 20.3. The van der Waals surface area contributed by atoms with Gasteiger partial charge in [0.15, 0.2) is 17.9 Å². The summed E-state index contributed by atoms with van der Waals surface area (Å²) < 4.78 is 27.9. The van der Waals surface area contributed by atoms with Crippen LogP contribution in [0.3, 0.4) is 0 Å². The first-order chi connectivity index (χ1) is 16.9. The lowest BCUT2D eigenvalue weighted by Crippen LogP contribution is -2.60. The van der Waals surface area contributed by atoms with Crippen LogP contribution in [0.15, 0.2) is 9.59 Å². The van der Waals surface area contributed by atoms with Gasteiger partial charge in [-0.25, -0.2) is 0 Å². The smallest absolute Gasteiger partial charge is 0.303 e. The van der Waals surface area contributed by atoms with Crippen LogP contribution in [0.1, 0.15) is 26.3 Å². The highest BCUT2D eigenvalue weighted by Crippen LogP contribution is 2.26. The molecule has 15 nitrogen and oxygen atoms in total. The van der Waals surface area contributed by atoms with E-state index in [1.807, 2.05) is 0 Å². The normalized spacial score (nSPS) is 21.5. The average Bonchev–Trinajstić information content (AvgIpc) is 2.79. The first kappa shape index (κ1) is 26.5. The largest absolute Gasteiger partial charge is 0.506 e. The Balaban J connectivity index is 2.18. The SMILES string of the molecule is COc1nc2c(c(O)c(C)c(=O)n2OC2OCC(OC(C)=O)C(OC(C)=O)C2OC(C)=O)c(=O)n1C. The Morgan fingerprint density at radius 1 is 1.00 bits per heavy atom. The van der Waals surface area contributed by atoms with Crippen molar-refractivity contribution in [1.29, 1.82) is 0 Å². The molecule has 1 aliphatic heterocycles. The quantitative estimate of drug-likeness (QED) is 0.357. The van der Waals surface area contributed by atoms with Crippen LogP contribution in [0.4, 0.5) is 0 Å². The topological polar surface area (TPSA) is 184 Å². The third-order valence-electron chi connectivity index (χ3n) is 5.22. The number of hydrogen-bond donors (Lipinski definition) is 1. The second kappa shape index (κ2) is 10.2. The maximum absolute atomic E-state index is 13.0. The monoisotopic (exact) mass is 511 g/mol. The average molecular weight is 511 g/mol. The fraction of sp³-hybridized carbons (Fsp3) is 0.524. The standard InChI is InChI=1S/C21H25N3O12/c1-8-14(28)13-17(22-21(31-6)23(5)19(13)30)24(18(8)29)36-20-16(35-11(4)27)15(34-10(3)26)12(7-32-20)33-9(2)25/h12,15-16,20,28H,7H2,1-6H3. The van der Waals surface area contributed by atoms with Gasteiger partial charge in [0.1, 0.15) is 11.1 Å². The fourth-order valence-corrected chi connectivity index (χ4v) is 3.65. The maximum Gasteiger partial charge on any atom is 0.303 e. The van der Waals surface area contributed by atoms with E-state index in [1.54, 1.807) is 0 Å². The summed E-state index contributed by atoms with van der Waals surface area (Å²) in [4.78, 5) is 70.9. The number of ether oxygens (including phenoxy) is 5. The van der Waals surface area contributed by atoms with E-state index in [4.69, 9.17) is 28.5 Å². The molecule has 15 heteroatoms. The number of carbonyl (C=O) groups is 3. The summed E-state index contributed by atoms with van der Waals surface area (Å²) in [6.45, 7) is 4.17. The molecule has 0 aliphatic carbocycles. The second-order valence-electron chi connectivity index (χ2n) is 7.84. The van der Waals surface area contributed by atoms with Gasteiger partial charge in [-0.15, -0.1) is 4.73 Å². The Morgan fingerprint density at radius 2 is 1.58 bits per heavy atom. The van der Waals surface area contributed by atoms with Crippen molar-refractivity contribution in [2.45, 2.75) is 52.3 Å². The Bertz CT molecular complexity index is 1330. The Hall–Kier alpha value is -4.14. The van der Waals surface area contributed by atoms with Gasteiger partial charge in [-0.1, -0.05) is 0 Å². The van der Waals surface area contributed by atoms with Crippen LogP contribution in [-0.4, -0.2) is 75.6 Å². The molecule has 4 atom stereocenters. The molecule has 2 aromatic rings. The predicted octanol–water partition coefficient (Wildman–Crippen LogP) is -1.30. The third-order valence-corrected chi connectivity index (χ3v) is 5.22. The van der Waals surface area contributed by atoms with Gasteiger partial charge in [-0.2, -0.15) is 4.98 Å². The number of aromatic hydroxyl groups is 1. The number of hydrogen-bond acceptors (Lipinski definition) is 13. The van der Waals surface area contributed by atoms with Crippen LogP contribution in [0.25, 0.3) is 11.0 Å². The molecule has 1 saturated heterocycles. The van der Waals surface area contributed by atoms with Gasteiger partial charge >= 0.3 is 23.9 Å². The molecule has 0 bridgehead atoms. The van der Waals surface area contributed by atoms with Crippen LogP contribution in [0, 0.1) is 6.92 Å². The van der Waals surface area contributed by atoms with Gasteiger partial charge in [0.2, 0.25) is 6.10 Å². The van der Waals surface area contributed by atoms with Gasteiger partial charge in [-0.3, -0.25) is 28.5 Å². The van der Waals surface area contributed by atoms with Crippen molar-refractivity contribution in [3.8, 4) is 11.8 Å². The number of pyridine rings is 1. The number of esters is 3. The number of aromatic nitrogens is 3. The summed E-state index contributed by atoms with van der Waals surface area (Å²) in [6, 6.07) is -0.207. The number of nitrogens with zero attached hydrogens (tertiary/aromatic N) is 3. The summed E-state index contributed by atoms with van der Waals surface area (Å²) in [7, 11) is 2.59. The lowest BCUT2D eigenvalue weighted by Gasteiger charge is -2.39. The van der Waals surface area contributed by atoms with Crippen LogP contribution < -0.4 is 20.7 Å². The molecule has 1 N–H and O–H groups in total. The number of rotatable bonds is 6. The molecular formula is C21H25N3O12. The number of methoxy groups -OCH3 is 1. The van der Waals surface area contributed by atoms with Crippen molar-refractivity contribution < 1.29 is 48.0 Å². The second-order valence-corrected chi connectivity index (χ2v) is 7.84. The van der Waals surface area contributed by atoms with Crippen LogP contribution in [0.5, 0.6) is 11.8 Å². The molecule has 0 spiro atoms. The molecule has 3 rings (SSSR count). The minimum atomic E-state index is -1.60. The van der Waals surface area contributed by atoms with Crippen LogP contribution in [-0.2, 0) is 40.4 Å². The first-order valence-corrected chi connectivity index (χ1v) is 10.6. The fourth-order valence-electron chi connectivity index (χ4n) is 3.65. The van der Waals surface area contributed by atoms with Crippen molar-refractivity contribution in [2.24, 2.45) is 7.05 Å². The molecule has 36 heavy (non-hydrogen) atoms. The Morgan fingerprint density at radius 3 is 2.14 bits per heavy atom. The van der Waals surface area contributed by atoms with E-state index < -0.39 is 65.0 Å². The van der Waals surface area contributed by atoms with E-state index in [1.165, 1.54) is 21.1 Å². The molecule has 0 aromatic carbocycles. The molecule has 1 aliphatic rings. The van der Waals surface area contributed by atoms with Crippen LogP contribution >= 0.6 is 0 Å². The maximum atomic E-state index is 13.0. The number of carbonyl (C=O) groups excluding carboxylic acids is 3. The van der Waals surface area contributed by atoms with Crippen molar-refractivity contribution in [3.63, 3.8) is 0 Å². The Labute approximate surface area is 203 Å². The Kier molecular flexibility index (Phi) is 7.52. The summed E-state index contributed by atoms with van der Waals surface area (Å²) in [5, 5.41) is 10.1. The van der Waals surface area contributed by atoms with Crippen LogP contribution in [0.2, 0.25) is 0 Å². The van der Waals surface area contributed by atoms with Crippen molar-refractivity contribution in [2.75, 3.05) is 13.7 Å². The highest BCUT2D eigenvalue weighted by Gasteiger charge is 2.49. The van der Waals surface area contributed by atoms with Crippen molar-refractivity contribution >= 4 is 28.9 Å². The molecule has 1 fully saturated rings. The zero-order chi connectivity index (χ0) is 26.9. The van der Waals surface area contributed by atoms with Crippen molar-refractivity contribution in [3.05, 3.63) is 26.3 Å². The van der Waals surface area contributed by atoms with Gasteiger partial charge in [0.25, 0.3) is 17.4 Å². The van der Waals surface area contributed by atoms with Crippen molar-refractivity contribution in [1.82, 2.24) is 14.3 Å². The van der Waals surface area contributed by atoms with E-state index in [9.17, 15) is 29.1 Å². The molecule has 196 valence electrons. The minimum Gasteiger partial charge on any atom is -0.506 e. The lowest BCUT2D eigenvalue weighted by molar-refractivity contribution is -0.280. The lowest BCUT2D eigenvalue weighted by atomic mass is 10.0. The summed E-state index contributed by atoms with van der Waals surface area (Å²) >= 11 is 0. The van der Waals surface area contributed by atoms with Gasteiger partial charge < -0.3 is 33.6 Å². The summed E-state index contributed by atoms with van der Waals surface area (Å²) in [5.41, 5.74) is -2.33. The summed E-state index contributed by atoms with van der Waals surface area (Å²) in [5.74, 6) is -2.94. The molecule has 2 aromatic heterocycles. The van der Waals surface area contributed by atoms with Gasteiger partial charge in [-0.05, 0) is 6.92 Å². The minimum absolute atomic E-state index is 0.207. The summed E-state index contributed by atoms with van der Waals surface area (Å²) in [6.07, 6.45) is -5.67. The highest BCUT2D eigenvalue weighted by molar-refractivity contribution is 5.82.